The molecule has 0 aliphatic heterocycles. The highest BCUT2D eigenvalue weighted by Crippen LogP contribution is 2.61. The molecule has 0 saturated heterocycles. The zero-order chi connectivity index (χ0) is 19.6. The summed E-state index contributed by atoms with van der Waals surface area (Å²) in [5, 5.41) is 13.6. The lowest BCUT2D eigenvalue weighted by molar-refractivity contribution is -0.196. The van der Waals surface area contributed by atoms with Crippen LogP contribution >= 0.6 is 11.8 Å². The zero-order valence-electron chi connectivity index (χ0n) is 16.2. The van der Waals surface area contributed by atoms with E-state index in [2.05, 4.69) is 17.4 Å². The fourth-order valence-electron chi connectivity index (χ4n) is 5.82. The Balaban J connectivity index is 1.16. The molecule has 4 atom stereocenters. The number of carbonyl (C=O) groups is 2. The van der Waals surface area contributed by atoms with Crippen LogP contribution in [0.25, 0.3) is 0 Å². The van der Waals surface area contributed by atoms with E-state index in [0.29, 0.717) is 24.8 Å². The number of thioether (sulfide) groups is 1. The molecule has 1 aromatic carbocycles. The summed E-state index contributed by atoms with van der Waals surface area (Å²) in [6.07, 6.45) is 4.88. The van der Waals surface area contributed by atoms with Crippen LogP contribution < -0.4 is 5.32 Å². The van der Waals surface area contributed by atoms with Gasteiger partial charge in [-0.25, -0.2) is 0 Å². The molecule has 6 heteroatoms. The van der Waals surface area contributed by atoms with Crippen LogP contribution in [-0.4, -0.2) is 41.5 Å². The first-order valence-electron chi connectivity index (χ1n) is 10.2. The molecular weight excluding hydrogens is 374 g/mol. The van der Waals surface area contributed by atoms with Crippen LogP contribution in [0.1, 0.15) is 44.1 Å². The summed E-state index contributed by atoms with van der Waals surface area (Å²) in [6, 6.07) is 10.2. The second-order valence-electron chi connectivity index (χ2n) is 8.93. The quantitative estimate of drug-likeness (QED) is 0.516. The molecule has 0 radical (unpaired) electrons. The van der Waals surface area contributed by atoms with Crippen molar-refractivity contribution in [3.63, 3.8) is 0 Å². The lowest BCUT2D eigenvalue weighted by atomic mass is 9.48. The number of hydrogen-bond donors (Lipinski definition) is 2. The molecule has 5 nitrogen and oxygen atoms in total. The van der Waals surface area contributed by atoms with Crippen LogP contribution in [0.4, 0.5) is 0 Å². The van der Waals surface area contributed by atoms with Gasteiger partial charge in [0.05, 0.1) is 11.0 Å². The van der Waals surface area contributed by atoms with E-state index in [4.69, 9.17) is 4.74 Å². The van der Waals surface area contributed by atoms with Crippen molar-refractivity contribution >= 4 is 23.6 Å². The first-order chi connectivity index (χ1) is 13.5. The minimum atomic E-state index is -0.693. The number of carbonyl (C=O) groups excluding carboxylic acids is 2. The molecule has 4 aliphatic carbocycles. The molecule has 28 heavy (non-hydrogen) atoms. The number of hydrogen-bond acceptors (Lipinski definition) is 5. The van der Waals surface area contributed by atoms with Crippen molar-refractivity contribution < 1.29 is 19.4 Å². The van der Waals surface area contributed by atoms with Crippen LogP contribution in [0.3, 0.4) is 0 Å². The van der Waals surface area contributed by atoms with E-state index in [-0.39, 0.29) is 18.5 Å². The molecule has 152 valence electrons. The minimum absolute atomic E-state index is 0.225. The van der Waals surface area contributed by atoms with Crippen molar-refractivity contribution in [3.8, 4) is 0 Å². The Morgan fingerprint density at radius 1 is 1.14 bits per heavy atom. The van der Waals surface area contributed by atoms with Crippen molar-refractivity contribution in [2.24, 2.45) is 17.3 Å². The SMILES string of the molecule is O=C(COC(=O)C12C[C@@H]3C[C@@H](CC(O)(C3)C1)C2)NCCSCc1ccccc1. The van der Waals surface area contributed by atoms with Gasteiger partial charge in [0.2, 0.25) is 0 Å². The van der Waals surface area contributed by atoms with Gasteiger partial charge in [-0.05, 0) is 55.9 Å². The number of aliphatic hydroxyl groups is 1. The molecule has 5 rings (SSSR count). The molecule has 4 bridgehead atoms. The topological polar surface area (TPSA) is 75.6 Å². The molecule has 2 unspecified atom stereocenters. The first-order valence-corrected chi connectivity index (χ1v) is 11.4. The fraction of sp³-hybridized carbons (Fsp3) is 0.636. The summed E-state index contributed by atoms with van der Waals surface area (Å²) in [4.78, 5) is 24.8. The van der Waals surface area contributed by atoms with Crippen LogP contribution in [0.5, 0.6) is 0 Å². The second kappa shape index (κ2) is 8.07. The van der Waals surface area contributed by atoms with E-state index < -0.39 is 11.0 Å². The largest absolute Gasteiger partial charge is 0.455 e. The summed E-state index contributed by atoms with van der Waals surface area (Å²) in [6.45, 7) is 0.334. The standard InChI is InChI=1S/C22H29NO4S/c24-19(23-6-7-28-14-16-4-2-1-3-5-16)13-27-20(25)21-9-17-8-18(10-21)12-22(26,11-17)15-21/h1-5,17-18,26H,6-15H2,(H,23,24)/t17-,18+,21?,22?. The number of esters is 1. The molecule has 1 amide bonds. The minimum Gasteiger partial charge on any atom is -0.455 e. The Labute approximate surface area is 170 Å². The maximum Gasteiger partial charge on any atom is 0.312 e. The van der Waals surface area contributed by atoms with Gasteiger partial charge in [0.25, 0.3) is 5.91 Å². The van der Waals surface area contributed by atoms with E-state index >= 15 is 0 Å². The van der Waals surface area contributed by atoms with Gasteiger partial charge in [-0.3, -0.25) is 9.59 Å². The van der Waals surface area contributed by atoms with E-state index in [9.17, 15) is 14.7 Å². The molecule has 2 N–H and O–H groups in total. The average Bonchev–Trinajstić information content (AvgIpc) is 2.64. The predicted molar refractivity (Wildman–Crippen MR) is 109 cm³/mol. The van der Waals surface area contributed by atoms with Crippen LogP contribution in [0.2, 0.25) is 0 Å². The van der Waals surface area contributed by atoms with E-state index in [1.807, 2.05) is 18.2 Å². The van der Waals surface area contributed by atoms with E-state index in [0.717, 1.165) is 43.6 Å². The molecule has 1 aromatic rings. The number of ether oxygens (including phenoxy) is 1. The number of nitrogens with one attached hydrogen (secondary N) is 1. The van der Waals surface area contributed by atoms with Gasteiger partial charge in [0.1, 0.15) is 0 Å². The van der Waals surface area contributed by atoms with Gasteiger partial charge in [0.15, 0.2) is 6.61 Å². The number of amides is 1. The van der Waals surface area contributed by atoms with Gasteiger partial charge < -0.3 is 15.2 Å². The first kappa shape index (κ1) is 19.8. The van der Waals surface area contributed by atoms with Gasteiger partial charge in [-0.2, -0.15) is 11.8 Å². The zero-order valence-corrected chi connectivity index (χ0v) is 17.0. The molecule has 0 spiro atoms. The second-order valence-corrected chi connectivity index (χ2v) is 10.0. The Bertz CT molecular complexity index is 709. The van der Waals surface area contributed by atoms with Crippen LogP contribution in [-0.2, 0) is 20.1 Å². The molecule has 4 aliphatic rings. The van der Waals surface area contributed by atoms with Crippen molar-refractivity contribution in [2.45, 2.75) is 49.9 Å². The number of rotatable bonds is 8. The van der Waals surface area contributed by atoms with Gasteiger partial charge in [-0.1, -0.05) is 30.3 Å². The maximum absolute atomic E-state index is 12.8. The smallest absolute Gasteiger partial charge is 0.312 e. The average molecular weight is 404 g/mol. The summed E-state index contributed by atoms with van der Waals surface area (Å²) < 4.78 is 5.39. The normalized spacial score (nSPS) is 32.9. The Morgan fingerprint density at radius 2 is 1.86 bits per heavy atom. The maximum atomic E-state index is 12.8. The lowest BCUT2D eigenvalue weighted by Gasteiger charge is -2.58. The Kier molecular flexibility index (Phi) is 5.70. The van der Waals surface area contributed by atoms with Crippen molar-refractivity contribution in [2.75, 3.05) is 18.9 Å². The third kappa shape index (κ3) is 4.38. The van der Waals surface area contributed by atoms with Crippen molar-refractivity contribution in [3.05, 3.63) is 35.9 Å². The molecule has 0 heterocycles. The molecule has 4 saturated carbocycles. The van der Waals surface area contributed by atoms with Crippen molar-refractivity contribution in [1.29, 1.82) is 0 Å². The molecular formula is C22H29NO4S. The number of benzene rings is 1. The third-order valence-electron chi connectivity index (χ3n) is 6.48. The highest BCUT2D eigenvalue weighted by molar-refractivity contribution is 7.98. The summed E-state index contributed by atoms with van der Waals surface area (Å²) in [7, 11) is 0. The van der Waals surface area contributed by atoms with Crippen LogP contribution in [0, 0.1) is 17.3 Å². The Morgan fingerprint density at radius 3 is 2.54 bits per heavy atom. The lowest BCUT2D eigenvalue weighted by Crippen LogP contribution is -2.58. The van der Waals surface area contributed by atoms with Gasteiger partial charge in [0, 0.05) is 18.1 Å². The Hall–Kier alpha value is -1.53. The van der Waals surface area contributed by atoms with Crippen LogP contribution in [0.15, 0.2) is 30.3 Å². The summed E-state index contributed by atoms with van der Waals surface area (Å²) >= 11 is 1.76. The molecule has 0 aromatic heterocycles. The summed E-state index contributed by atoms with van der Waals surface area (Å²) in [5.41, 5.74) is 0.0106. The highest BCUT2D eigenvalue weighted by atomic mass is 32.2. The van der Waals surface area contributed by atoms with E-state index in [1.54, 1.807) is 11.8 Å². The third-order valence-corrected chi connectivity index (χ3v) is 7.51. The highest BCUT2D eigenvalue weighted by Gasteiger charge is 2.60. The summed E-state index contributed by atoms with van der Waals surface area (Å²) in [5.74, 6) is 2.04. The van der Waals surface area contributed by atoms with E-state index in [1.165, 1.54) is 5.56 Å². The monoisotopic (exact) mass is 403 g/mol. The van der Waals surface area contributed by atoms with Gasteiger partial charge >= 0.3 is 5.97 Å². The predicted octanol–water partition coefficient (Wildman–Crippen LogP) is 2.91. The molecule has 4 fully saturated rings. The van der Waals surface area contributed by atoms with Crippen molar-refractivity contribution in [1.82, 2.24) is 5.32 Å². The fourth-order valence-corrected chi connectivity index (χ4v) is 6.63. The van der Waals surface area contributed by atoms with Gasteiger partial charge in [-0.15, -0.1) is 0 Å².